The highest BCUT2D eigenvalue weighted by atomic mass is 32.2. The highest BCUT2D eigenvalue weighted by Crippen LogP contribution is 2.27. The van der Waals surface area contributed by atoms with Crippen LogP contribution in [0.5, 0.6) is 0 Å². The topological polar surface area (TPSA) is 64.6 Å². The Morgan fingerprint density at radius 2 is 2.00 bits per heavy atom. The number of ether oxygens (including phenoxy) is 2. The largest absolute Gasteiger partial charge is 0.404 e. The first-order valence-corrected chi connectivity index (χ1v) is 6.72. The Hall–Kier alpha value is -0.380. The lowest BCUT2D eigenvalue weighted by Crippen LogP contribution is -2.46. The van der Waals surface area contributed by atoms with Gasteiger partial charge in [-0.1, -0.05) is 0 Å². The molecule has 0 aromatic carbocycles. The highest BCUT2D eigenvalue weighted by Gasteiger charge is 2.45. The number of halogens is 3. The smallest absolute Gasteiger partial charge is 0.374 e. The fourth-order valence-corrected chi connectivity index (χ4v) is 3.23. The van der Waals surface area contributed by atoms with E-state index in [0.29, 0.717) is 13.0 Å². The monoisotopic (exact) mass is 275 g/mol. The third-order valence-corrected chi connectivity index (χ3v) is 4.02. The number of sulfonamides is 1. The van der Waals surface area contributed by atoms with Gasteiger partial charge in [0.1, 0.15) is 6.10 Å². The molecule has 0 amide bonds. The summed E-state index contributed by atoms with van der Waals surface area (Å²) >= 11 is 0. The molecule has 3 atom stereocenters. The van der Waals surface area contributed by atoms with E-state index in [2.05, 4.69) is 0 Å². The van der Waals surface area contributed by atoms with Crippen molar-refractivity contribution in [2.75, 3.05) is 19.0 Å². The van der Waals surface area contributed by atoms with Crippen molar-refractivity contribution in [3.63, 3.8) is 0 Å². The van der Waals surface area contributed by atoms with E-state index in [1.54, 1.807) is 0 Å². The Labute approximate surface area is 96.3 Å². The molecule has 2 saturated heterocycles. The van der Waals surface area contributed by atoms with E-state index in [1.807, 2.05) is 4.72 Å². The number of nitrogens with one attached hydrogen (secondary N) is 1. The van der Waals surface area contributed by atoms with E-state index >= 15 is 0 Å². The van der Waals surface area contributed by atoms with Crippen molar-refractivity contribution < 1.29 is 31.1 Å². The molecule has 1 N–H and O–H groups in total. The van der Waals surface area contributed by atoms with Crippen LogP contribution in [0.4, 0.5) is 13.2 Å². The summed E-state index contributed by atoms with van der Waals surface area (Å²) in [4.78, 5) is 0. The van der Waals surface area contributed by atoms with Crippen LogP contribution in [0, 0.1) is 0 Å². The summed E-state index contributed by atoms with van der Waals surface area (Å²) in [6, 6.07) is -0.727. The number of hydrogen-bond donors (Lipinski definition) is 1. The summed E-state index contributed by atoms with van der Waals surface area (Å²) in [5.74, 6) is -1.88. The lowest BCUT2D eigenvalue weighted by Gasteiger charge is -2.18. The van der Waals surface area contributed by atoms with E-state index in [1.165, 1.54) is 0 Å². The SMILES string of the molecule is O=S(=O)(CC(F)(F)F)N[C@@H]1COC2CCOC21. The Balaban J connectivity index is 1.97. The molecule has 100 valence electrons. The summed E-state index contributed by atoms with van der Waals surface area (Å²) in [5.41, 5.74) is 0. The summed E-state index contributed by atoms with van der Waals surface area (Å²) in [7, 11) is -4.40. The average molecular weight is 275 g/mol. The van der Waals surface area contributed by atoms with Crippen LogP contribution < -0.4 is 4.72 Å². The first-order chi connectivity index (χ1) is 7.77. The van der Waals surface area contributed by atoms with Gasteiger partial charge in [0.25, 0.3) is 0 Å². The van der Waals surface area contributed by atoms with Crippen molar-refractivity contribution in [2.24, 2.45) is 0 Å². The number of fused-ring (bicyclic) bond motifs is 1. The van der Waals surface area contributed by atoms with Gasteiger partial charge in [-0.15, -0.1) is 0 Å². The van der Waals surface area contributed by atoms with Crippen LogP contribution >= 0.6 is 0 Å². The second-order valence-corrected chi connectivity index (χ2v) is 5.85. The van der Waals surface area contributed by atoms with Crippen molar-refractivity contribution in [1.82, 2.24) is 4.72 Å². The Kier molecular flexibility index (Phi) is 3.36. The molecule has 5 nitrogen and oxygen atoms in total. The second kappa shape index (κ2) is 4.38. The molecule has 0 aromatic heterocycles. The van der Waals surface area contributed by atoms with Crippen molar-refractivity contribution in [1.29, 1.82) is 0 Å². The van der Waals surface area contributed by atoms with Crippen LogP contribution in [-0.2, 0) is 19.5 Å². The maximum absolute atomic E-state index is 12.0. The van der Waals surface area contributed by atoms with Crippen molar-refractivity contribution in [3.05, 3.63) is 0 Å². The lowest BCUT2D eigenvalue weighted by molar-refractivity contribution is -0.106. The molecule has 0 spiro atoms. The zero-order valence-corrected chi connectivity index (χ0v) is 9.55. The summed E-state index contributed by atoms with van der Waals surface area (Å²) in [6.07, 6.45) is -4.80. The number of rotatable bonds is 3. The van der Waals surface area contributed by atoms with E-state index in [-0.39, 0.29) is 12.7 Å². The molecule has 0 saturated carbocycles. The van der Waals surface area contributed by atoms with Gasteiger partial charge >= 0.3 is 6.18 Å². The van der Waals surface area contributed by atoms with E-state index < -0.39 is 34.1 Å². The molecule has 2 aliphatic rings. The van der Waals surface area contributed by atoms with Crippen LogP contribution in [0.15, 0.2) is 0 Å². The first-order valence-electron chi connectivity index (χ1n) is 5.07. The van der Waals surface area contributed by atoms with Crippen LogP contribution in [-0.4, -0.2) is 51.8 Å². The number of alkyl halides is 3. The quantitative estimate of drug-likeness (QED) is 0.789. The molecule has 2 aliphatic heterocycles. The van der Waals surface area contributed by atoms with E-state index in [0.717, 1.165) is 0 Å². The summed E-state index contributed by atoms with van der Waals surface area (Å²) < 4.78 is 71.0. The van der Waals surface area contributed by atoms with Gasteiger partial charge in [-0.05, 0) is 6.42 Å². The molecule has 0 bridgehead atoms. The fourth-order valence-electron chi connectivity index (χ4n) is 2.06. The van der Waals surface area contributed by atoms with Crippen molar-refractivity contribution in [3.8, 4) is 0 Å². The normalized spacial score (nSPS) is 33.9. The molecule has 9 heteroatoms. The Morgan fingerprint density at radius 1 is 1.29 bits per heavy atom. The van der Waals surface area contributed by atoms with Gasteiger partial charge in [0.2, 0.25) is 10.0 Å². The van der Waals surface area contributed by atoms with E-state index in [9.17, 15) is 21.6 Å². The van der Waals surface area contributed by atoms with Gasteiger partial charge < -0.3 is 9.47 Å². The van der Waals surface area contributed by atoms with Crippen LogP contribution in [0.1, 0.15) is 6.42 Å². The van der Waals surface area contributed by atoms with Gasteiger partial charge in [-0.2, -0.15) is 13.2 Å². The second-order valence-electron chi connectivity index (χ2n) is 4.09. The summed E-state index contributed by atoms with van der Waals surface area (Å²) in [6.45, 7) is 0.485. The molecular formula is C8H12F3NO4S. The maximum Gasteiger partial charge on any atom is 0.404 e. The molecule has 2 fully saturated rings. The predicted octanol–water partition coefficient (Wildman–Crippen LogP) is 0.0244. The standard InChI is InChI=1S/C8H12F3NO4S/c9-8(10,11)4-17(13,14)12-5-3-16-6-1-2-15-7(5)6/h5-7,12H,1-4H2/t5-,6?,7?/m1/s1. The van der Waals surface area contributed by atoms with Gasteiger partial charge in [0.05, 0.1) is 18.8 Å². The van der Waals surface area contributed by atoms with Gasteiger partial charge in [-0.3, -0.25) is 0 Å². The van der Waals surface area contributed by atoms with Crippen molar-refractivity contribution in [2.45, 2.75) is 30.8 Å². The first kappa shape index (κ1) is 13.1. The minimum absolute atomic E-state index is 0.0480. The van der Waals surface area contributed by atoms with Crippen LogP contribution in [0.25, 0.3) is 0 Å². The van der Waals surface area contributed by atoms with Crippen LogP contribution in [0.3, 0.4) is 0 Å². The van der Waals surface area contributed by atoms with Crippen LogP contribution in [0.2, 0.25) is 0 Å². The third-order valence-electron chi connectivity index (χ3n) is 2.65. The highest BCUT2D eigenvalue weighted by molar-refractivity contribution is 7.89. The predicted molar refractivity (Wildman–Crippen MR) is 50.9 cm³/mol. The maximum atomic E-state index is 12.0. The zero-order valence-electron chi connectivity index (χ0n) is 8.74. The zero-order chi connectivity index (χ0) is 12.7. The molecular weight excluding hydrogens is 263 g/mol. The van der Waals surface area contributed by atoms with Crippen molar-refractivity contribution >= 4 is 10.0 Å². The molecule has 17 heavy (non-hydrogen) atoms. The van der Waals surface area contributed by atoms with Gasteiger partial charge in [0, 0.05) is 6.61 Å². The molecule has 0 aliphatic carbocycles. The Morgan fingerprint density at radius 3 is 2.65 bits per heavy atom. The molecule has 0 radical (unpaired) electrons. The summed E-state index contributed by atoms with van der Waals surface area (Å²) in [5, 5.41) is 0. The molecule has 2 rings (SSSR count). The number of hydrogen-bond acceptors (Lipinski definition) is 4. The Bertz CT molecular complexity index is 383. The van der Waals surface area contributed by atoms with Gasteiger partial charge in [-0.25, -0.2) is 13.1 Å². The lowest BCUT2D eigenvalue weighted by atomic mass is 10.1. The van der Waals surface area contributed by atoms with E-state index in [4.69, 9.17) is 9.47 Å². The van der Waals surface area contributed by atoms with Gasteiger partial charge in [0.15, 0.2) is 5.75 Å². The fraction of sp³-hybridized carbons (Fsp3) is 1.00. The average Bonchev–Trinajstić information content (AvgIpc) is 2.64. The minimum Gasteiger partial charge on any atom is -0.374 e. The molecule has 2 heterocycles. The minimum atomic E-state index is -4.75. The molecule has 0 aromatic rings. The third kappa shape index (κ3) is 3.30. The molecule has 2 unspecified atom stereocenters.